The molecule has 8 heteroatoms. The van der Waals surface area contributed by atoms with Gasteiger partial charge in [0.1, 0.15) is 0 Å². The van der Waals surface area contributed by atoms with Crippen molar-refractivity contribution in [3.05, 3.63) is 30.6 Å². The largest absolute Gasteiger partial charge is 0.469 e. The van der Waals surface area contributed by atoms with E-state index in [4.69, 9.17) is 4.74 Å². The summed E-state index contributed by atoms with van der Waals surface area (Å²) in [5.74, 6) is -0.424. The van der Waals surface area contributed by atoms with Crippen LogP contribution in [0.1, 0.15) is 12.8 Å². The molecule has 1 aliphatic rings. The Balaban J connectivity index is 1.62. The minimum Gasteiger partial charge on any atom is -0.469 e. The Bertz CT molecular complexity index is 823. The van der Waals surface area contributed by atoms with Crippen LogP contribution in [0, 0.1) is 5.92 Å². The number of nitrogens with zero attached hydrogens (tertiary/aromatic N) is 3. The van der Waals surface area contributed by atoms with Gasteiger partial charge in [0.05, 0.1) is 36.1 Å². The smallest absolute Gasteiger partial charge is 0.308 e. The van der Waals surface area contributed by atoms with Gasteiger partial charge < -0.3 is 9.30 Å². The van der Waals surface area contributed by atoms with E-state index in [1.165, 1.54) is 11.4 Å². The van der Waals surface area contributed by atoms with E-state index in [0.717, 1.165) is 11.0 Å². The predicted octanol–water partition coefficient (Wildman–Crippen LogP) is 1.25. The third-order valence-corrected chi connectivity index (χ3v) is 6.35. The number of carbonyl (C=O) groups excluding carboxylic acids is 1. The average Bonchev–Trinajstić information content (AvgIpc) is 3.03. The molecule has 130 valence electrons. The highest BCUT2D eigenvalue weighted by molar-refractivity contribution is 7.89. The summed E-state index contributed by atoms with van der Waals surface area (Å²) >= 11 is 0. The lowest BCUT2D eigenvalue weighted by Crippen LogP contribution is -2.42. The number of ether oxygens (including phenoxy) is 1. The molecule has 1 aromatic heterocycles. The summed E-state index contributed by atoms with van der Waals surface area (Å²) < 4.78 is 33.1. The van der Waals surface area contributed by atoms with Gasteiger partial charge in [-0.05, 0) is 25.0 Å². The number of aryl methyl sites for hydroxylation is 1. The van der Waals surface area contributed by atoms with Crippen molar-refractivity contribution in [1.29, 1.82) is 0 Å². The van der Waals surface area contributed by atoms with E-state index in [1.807, 2.05) is 28.8 Å². The Morgan fingerprint density at radius 2 is 2.00 bits per heavy atom. The highest BCUT2D eigenvalue weighted by Crippen LogP contribution is 2.21. The monoisotopic (exact) mass is 351 g/mol. The van der Waals surface area contributed by atoms with E-state index >= 15 is 0 Å². The van der Waals surface area contributed by atoms with Crippen molar-refractivity contribution in [2.45, 2.75) is 19.4 Å². The fraction of sp³-hybridized carbons (Fsp3) is 0.500. The van der Waals surface area contributed by atoms with Crippen LogP contribution in [-0.2, 0) is 26.1 Å². The third-order valence-electron chi connectivity index (χ3n) is 4.50. The number of hydrogen-bond donors (Lipinski definition) is 0. The molecule has 0 bridgehead atoms. The van der Waals surface area contributed by atoms with Crippen LogP contribution < -0.4 is 0 Å². The lowest BCUT2D eigenvalue weighted by molar-refractivity contribution is -0.146. The number of imidazole rings is 1. The van der Waals surface area contributed by atoms with Gasteiger partial charge in [0.2, 0.25) is 10.0 Å². The van der Waals surface area contributed by atoms with Crippen LogP contribution in [0.25, 0.3) is 11.0 Å². The van der Waals surface area contributed by atoms with Gasteiger partial charge in [-0.3, -0.25) is 4.79 Å². The standard InChI is InChI=1S/C16H21N3O4S/c1-23-16(20)13-6-8-19(9-7-13)24(21,22)11-10-18-12-17-14-4-2-3-5-15(14)18/h2-5,12-13H,6-11H2,1H3. The van der Waals surface area contributed by atoms with Crippen LogP contribution in [0.2, 0.25) is 0 Å². The average molecular weight is 351 g/mol. The first-order valence-corrected chi connectivity index (χ1v) is 9.58. The maximum atomic E-state index is 12.5. The molecule has 2 heterocycles. The quantitative estimate of drug-likeness (QED) is 0.757. The van der Waals surface area contributed by atoms with Crippen LogP contribution in [0.5, 0.6) is 0 Å². The molecule has 0 aliphatic carbocycles. The van der Waals surface area contributed by atoms with E-state index in [-0.39, 0.29) is 17.6 Å². The van der Waals surface area contributed by atoms with Gasteiger partial charge in [-0.15, -0.1) is 0 Å². The summed E-state index contributed by atoms with van der Waals surface area (Å²) in [6.07, 6.45) is 2.70. The Morgan fingerprint density at radius 1 is 1.29 bits per heavy atom. The summed E-state index contributed by atoms with van der Waals surface area (Å²) in [5.41, 5.74) is 1.78. The molecule has 1 fully saturated rings. The molecule has 0 spiro atoms. The zero-order chi connectivity index (χ0) is 17.2. The molecule has 0 saturated carbocycles. The van der Waals surface area contributed by atoms with E-state index in [2.05, 4.69) is 4.98 Å². The second kappa shape index (κ2) is 6.90. The molecule has 0 amide bonds. The van der Waals surface area contributed by atoms with Crippen LogP contribution in [0.15, 0.2) is 30.6 Å². The summed E-state index contributed by atoms with van der Waals surface area (Å²) in [5, 5.41) is 0. The van der Waals surface area contributed by atoms with E-state index in [9.17, 15) is 13.2 Å². The molecule has 1 aromatic carbocycles. The molecule has 0 atom stereocenters. The maximum absolute atomic E-state index is 12.5. The number of methoxy groups -OCH3 is 1. The van der Waals surface area contributed by atoms with Crippen molar-refractivity contribution in [2.24, 2.45) is 5.92 Å². The van der Waals surface area contributed by atoms with Crippen LogP contribution >= 0.6 is 0 Å². The first kappa shape index (κ1) is 16.9. The molecule has 0 radical (unpaired) electrons. The summed E-state index contributed by atoms with van der Waals surface area (Å²) in [6.45, 7) is 1.10. The van der Waals surface area contributed by atoms with Crippen LogP contribution in [-0.4, -0.2) is 54.2 Å². The molecule has 24 heavy (non-hydrogen) atoms. The Labute approximate surface area is 141 Å². The molecule has 0 N–H and O–H groups in total. The molecule has 1 saturated heterocycles. The van der Waals surface area contributed by atoms with Crippen molar-refractivity contribution in [2.75, 3.05) is 26.0 Å². The Morgan fingerprint density at radius 3 is 2.71 bits per heavy atom. The zero-order valence-electron chi connectivity index (χ0n) is 13.6. The number of para-hydroxylation sites is 2. The number of carbonyl (C=O) groups is 1. The SMILES string of the molecule is COC(=O)C1CCN(S(=O)(=O)CCn2cnc3ccccc32)CC1. The van der Waals surface area contributed by atoms with Gasteiger partial charge >= 0.3 is 5.97 Å². The lowest BCUT2D eigenvalue weighted by atomic mass is 9.99. The van der Waals surface area contributed by atoms with Gasteiger partial charge in [0.15, 0.2) is 0 Å². The Hall–Kier alpha value is -1.93. The molecule has 7 nitrogen and oxygen atoms in total. The fourth-order valence-corrected chi connectivity index (χ4v) is 4.52. The normalized spacial score (nSPS) is 17.2. The van der Waals surface area contributed by atoms with Gasteiger partial charge in [0, 0.05) is 19.6 Å². The van der Waals surface area contributed by atoms with Gasteiger partial charge in [0.25, 0.3) is 0 Å². The number of fused-ring (bicyclic) bond motifs is 1. The number of rotatable bonds is 5. The molecular weight excluding hydrogens is 330 g/mol. The molecule has 1 aliphatic heterocycles. The van der Waals surface area contributed by atoms with Crippen molar-refractivity contribution in [3.8, 4) is 0 Å². The fourth-order valence-electron chi connectivity index (χ4n) is 3.07. The van der Waals surface area contributed by atoms with E-state index < -0.39 is 10.0 Å². The van der Waals surface area contributed by atoms with Crippen molar-refractivity contribution >= 4 is 27.0 Å². The van der Waals surface area contributed by atoms with Gasteiger partial charge in [-0.2, -0.15) is 0 Å². The van der Waals surface area contributed by atoms with Crippen molar-refractivity contribution in [3.63, 3.8) is 0 Å². The highest BCUT2D eigenvalue weighted by atomic mass is 32.2. The summed E-state index contributed by atoms with van der Waals surface area (Å²) in [6, 6.07) is 7.64. The lowest BCUT2D eigenvalue weighted by Gasteiger charge is -2.29. The minimum absolute atomic E-state index is 0.0241. The third kappa shape index (κ3) is 3.44. The first-order valence-electron chi connectivity index (χ1n) is 7.97. The molecule has 2 aromatic rings. The topological polar surface area (TPSA) is 81.5 Å². The first-order chi connectivity index (χ1) is 11.5. The second-order valence-electron chi connectivity index (χ2n) is 5.94. The van der Waals surface area contributed by atoms with Crippen molar-refractivity contribution < 1.29 is 17.9 Å². The second-order valence-corrected chi connectivity index (χ2v) is 8.03. The van der Waals surface area contributed by atoms with Crippen LogP contribution in [0.4, 0.5) is 0 Å². The molecular formula is C16H21N3O4S. The number of esters is 1. The zero-order valence-corrected chi connectivity index (χ0v) is 14.4. The van der Waals surface area contributed by atoms with Crippen LogP contribution in [0.3, 0.4) is 0 Å². The van der Waals surface area contributed by atoms with E-state index in [0.29, 0.717) is 32.5 Å². The predicted molar refractivity (Wildman–Crippen MR) is 89.8 cm³/mol. The Kier molecular flexibility index (Phi) is 4.86. The number of sulfonamides is 1. The van der Waals surface area contributed by atoms with E-state index in [1.54, 1.807) is 6.33 Å². The van der Waals surface area contributed by atoms with Crippen molar-refractivity contribution in [1.82, 2.24) is 13.9 Å². The number of benzene rings is 1. The number of aromatic nitrogens is 2. The van der Waals surface area contributed by atoms with Gasteiger partial charge in [-0.1, -0.05) is 12.1 Å². The molecule has 0 unspecified atom stereocenters. The number of hydrogen-bond acceptors (Lipinski definition) is 5. The molecule has 3 rings (SSSR count). The van der Waals surface area contributed by atoms with Gasteiger partial charge in [-0.25, -0.2) is 17.7 Å². The maximum Gasteiger partial charge on any atom is 0.308 e. The summed E-state index contributed by atoms with van der Waals surface area (Å²) in [4.78, 5) is 15.8. The highest BCUT2D eigenvalue weighted by Gasteiger charge is 2.31. The number of piperidine rings is 1. The summed E-state index contributed by atoms with van der Waals surface area (Å²) in [7, 11) is -1.99. The minimum atomic E-state index is -3.35.